The summed E-state index contributed by atoms with van der Waals surface area (Å²) in [6.07, 6.45) is 0. The molecule has 1 N–H and O–H groups in total. The molecule has 0 saturated heterocycles. The highest BCUT2D eigenvalue weighted by atomic mass is 19.1. The lowest BCUT2D eigenvalue weighted by molar-refractivity contribution is 0.518. The number of benzene rings is 1. The summed E-state index contributed by atoms with van der Waals surface area (Å²) in [4.78, 5) is 0. The highest BCUT2D eigenvalue weighted by Crippen LogP contribution is 2.31. The number of halogens is 1. The number of nitrogens with one attached hydrogen (secondary N) is 1. The molecule has 0 fully saturated rings. The van der Waals surface area contributed by atoms with Crippen molar-refractivity contribution < 1.29 is 4.39 Å². The zero-order chi connectivity index (χ0) is 13.4. The van der Waals surface area contributed by atoms with Gasteiger partial charge in [0.05, 0.1) is 0 Å². The van der Waals surface area contributed by atoms with Gasteiger partial charge in [-0.15, -0.1) is 0 Å². The smallest absolute Gasteiger partial charge is 0.131 e. The minimum atomic E-state index is -0.158. The third kappa shape index (κ3) is 3.45. The summed E-state index contributed by atoms with van der Waals surface area (Å²) < 4.78 is 14.3. The van der Waals surface area contributed by atoms with E-state index in [9.17, 15) is 4.39 Å². The van der Waals surface area contributed by atoms with Gasteiger partial charge in [0.2, 0.25) is 0 Å². The van der Waals surface area contributed by atoms with Crippen LogP contribution in [0.3, 0.4) is 0 Å². The van der Waals surface area contributed by atoms with E-state index >= 15 is 0 Å². The van der Waals surface area contributed by atoms with Crippen molar-refractivity contribution in [1.82, 2.24) is 0 Å². The normalized spacial score (nSPS) is 12.7. The summed E-state index contributed by atoms with van der Waals surface area (Å²) in [6, 6.07) is 3.86. The van der Waals surface area contributed by atoms with Crippen LogP contribution in [-0.4, -0.2) is 5.54 Å². The lowest BCUT2D eigenvalue weighted by Gasteiger charge is -2.26. The molecular formula is C15H24FN. The third-order valence-corrected chi connectivity index (χ3v) is 2.70. The molecule has 0 radical (unpaired) electrons. The van der Waals surface area contributed by atoms with Crippen molar-refractivity contribution >= 4 is 5.69 Å². The summed E-state index contributed by atoms with van der Waals surface area (Å²) >= 11 is 0. The van der Waals surface area contributed by atoms with Gasteiger partial charge in [0.1, 0.15) is 5.82 Å². The zero-order valence-corrected chi connectivity index (χ0v) is 12.0. The van der Waals surface area contributed by atoms with Gasteiger partial charge < -0.3 is 5.32 Å². The van der Waals surface area contributed by atoms with Gasteiger partial charge in [0.15, 0.2) is 0 Å². The monoisotopic (exact) mass is 237 g/mol. The molecule has 2 heteroatoms. The van der Waals surface area contributed by atoms with Gasteiger partial charge in [0, 0.05) is 16.8 Å². The number of hydrogen-bond acceptors (Lipinski definition) is 1. The van der Waals surface area contributed by atoms with Gasteiger partial charge in [0.25, 0.3) is 0 Å². The van der Waals surface area contributed by atoms with Gasteiger partial charge in [-0.3, -0.25) is 0 Å². The van der Waals surface area contributed by atoms with E-state index in [1.165, 1.54) is 0 Å². The predicted octanol–water partition coefficient (Wildman–Crippen LogP) is 4.64. The molecule has 1 rings (SSSR count). The Bertz CT molecular complexity index is 408. The van der Waals surface area contributed by atoms with E-state index in [-0.39, 0.29) is 16.8 Å². The van der Waals surface area contributed by atoms with Gasteiger partial charge in [-0.25, -0.2) is 4.39 Å². The van der Waals surface area contributed by atoms with Gasteiger partial charge in [-0.05, 0) is 44.7 Å². The van der Waals surface area contributed by atoms with Crippen molar-refractivity contribution in [3.05, 3.63) is 29.1 Å². The first kappa shape index (κ1) is 14.0. The SMILES string of the molecule is Cc1c(NC(C)(C)C)ccc(C(C)(C)C)c1F. The molecule has 0 aliphatic carbocycles. The van der Waals surface area contributed by atoms with Crippen LogP contribution in [-0.2, 0) is 5.41 Å². The van der Waals surface area contributed by atoms with E-state index in [0.717, 1.165) is 11.3 Å². The third-order valence-electron chi connectivity index (χ3n) is 2.70. The van der Waals surface area contributed by atoms with Crippen LogP contribution in [0.2, 0.25) is 0 Å². The molecule has 0 saturated carbocycles. The van der Waals surface area contributed by atoms with Crippen LogP contribution in [0.4, 0.5) is 10.1 Å². The van der Waals surface area contributed by atoms with Gasteiger partial charge >= 0.3 is 0 Å². The summed E-state index contributed by atoms with van der Waals surface area (Å²) in [6.45, 7) is 14.1. The Labute approximate surface area is 104 Å². The zero-order valence-electron chi connectivity index (χ0n) is 12.0. The van der Waals surface area contributed by atoms with E-state index < -0.39 is 0 Å². The molecule has 0 atom stereocenters. The van der Waals surface area contributed by atoms with Crippen molar-refractivity contribution in [3.63, 3.8) is 0 Å². The van der Waals surface area contributed by atoms with Crippen molar-refractivity contribution in [1.29, 1.82) is 0 Å². The van der Waals surface area contributed by atoms with Gasteiger partial charge in [-0.1, -0.05) is 26.8 Å². The van der Waals surface area contributed by atoms with Crippen LogP contribution in [0.25, 0.3) is 0 Å². The van der Waals surface area contributed by atoms with E-state index in [4.69, 9.17) is 0 Å². The quantitative estimate of drug-likeness (QED) is 0.750. The van der Waals surface area contributed by atoms with Crippen molar-refractivity contribution in [2.45, 2.75) is 59.4 Å². The lowest BCUT2D eigenvalue weighted by atomic mass is 9.85. The van der Waals surface area contributed by atoms with E-state index in [1.807, 2.05) is 39.8 Å². The predicted molar refractivity (Wildman–Crippen MR) is 73.2 cm³/mol. The first-order valence-corrected chi connectivity index (χ1v) is 6.10. The summed E-state index contributed by atoms with van der Waals surface area (Å²) in [5.41, 5.74) is 2.14. The fraction of sp³-hybridized carbons (Fsp3) is 0.600. The highest BCUT2D eigenvalue weighted by molar-refractivity contribution is 5.55. The molecule has 1 aromatic carbocycles. The first-order valence-electron chi connectivity index (χ1n) is 6.10. The van der Waals surface area contributed by atoms with Crippen molar-refractivity contribution in [3.8, 4) is 0 Å². The summed E-state index contributed by atoms with van der Waals surface area (Å²) in [7, 11) is 0. The molecule has 0 aliphatic rings. The van der Waals surface area contributed by atoms with Crippen molar-refractivity contribution in [2.24, 2.45) is 0 Å². The molecule has 0 aliphatic heterocycles. The molecular weight excluding hydrogens is 213 g/mol. The Morgan fingerprint density at radius 1 is 1.00 bits per heavy atom. The Hall–Kier alpha value is -1.05. The second kappa shape index (κ2) is 4.32. The van der Waals surface area contributed by atoms with Crippen LogP contribution in [0.1, 0.15) is 52.7 Å². The van der Waals surface area contributed by atoms with Crippen LogP contribution in [0, 0.1) is 12.7 Å². The Morgan fingerprint density at radius 3 is 1.94 bits per heavy atom. The summed E-state index contributed by atoms with van der Waals surface area (Å²) in [5.74, 6) is -0.0910. The number of hydrogen-bond donors (Lipinski definition) is 1. The number of rotatable bonds is 1. The molecule has 0 heterocycles. The molecule has 17 heavy (non-hydrogen) atoms. The maximum Gasteiger partial charge on any atom is 0.131 e. The largest absolute Gasteiger partial charge is 0.380 e. The van der Waals surface area contributed by atoms with Crippen LogP contribution in [0.5, 0.6) is 0 Å². The maximum absolute atomic E-state index is 14.3. The minimum Gasteiger partial charge on any atom is -0.380 e. The standard InChI is InChI=1S/C15H24FN/c1-10-12(17-15(5,6)7)9-8-11(13(10)16)14(2,3)4/h8-9,17H,1-7H3. The van der Waals surface area contributed by atoms with E-state index in [0.29, 0.717) is 5.56 Å². The second-order valence-electron chi connectivity index (χ2n) is 6.72. The molecule has 0 aromatic heterocycles. The van der Waals surface area contributed by atoms with Crippen molar-refractivity contribution in [2.75, 3.05) is 5.32 Å². The maximum atomic E-state index is 14.3. The molecule has 0 bridgehead atoms. The average molecular weight is 237 g/mol. The number of anilines is 1. The fourth-order valence-corrected chi connectivity index (χ4v) is 1.80. The highest BCUT2D eigenvalue weighted by Gasteiger charge is 2.21. The molecule has 1 nitrogen and oxygen atoms in total. The lowest BCUT2D eigenvalue weighted by Crippen LogP contribution is -2.27. The Balaban J connectivity index is 3.21. The fourth-order valence-electron chi connectivity index (χ4n) is 1.80. The van der Waals surface area contributed by atoms with Crippen LogP contribution >= 0.6 is 0 Å². The molecule has 96 valence electrons. The first-order chi connectivity index (χ1) is 7.52. The minimum absolute atomic E-state index is 0.0551. The van der Waals surface area contributed by atoms with Gasteiger partial charge in [-0.2, -0.15) is 0 Å². The average Bonchev–Trinajstić information content (AvgIpc) is 2.08. The second-order valence-corrected chi connectivity index (χ2v) is 6.72. The molecule has 1 aromatic rings. The Morgan fingerprint density at radius 2 is 1.53 bits per heavy atom. The molecule has 0 unspecified atom stereocenters. The topological polar surface area (TPSA) is 12.0 Å². The molecule has 0 spiro atoms. The Kier molecular flexibility index (Phi) is 3.56. The van der Waals surface area contributed by atoms with E-state index in [1.54, 1.807) is 0 Å². The molecule has 0 amide bonds. The summed E-state index contributed by atoms with van der Waals surface area (Å²) in [5, 5.41) is 3.33. The van der Waals surface area contributed by atoms with Crippen LogP contribution in [0.15, 0.2) is 12.1 Å². The van der Waals surface area contributed by atoms with E-state index in [2.05, 4.69) is 26.1 Å². The van der Waals surface area contributed by atoms with Crippen LogP contribution < -0.4 is 5.32 Å².